The first-order valence-corrected chi connectivity index (χ1v) is 6.51. The maximum Gasteiger partial charge on any atom is 0.224 e. The fraction of sp³-hybridized carbons (Fsp3) is 0.917. The minimum absolute atomic E-state index is 0.237. The molecule has 3 unspecified atom stereocenters. The summed E-state index contributed by atoms with van der Waals surface area (Å²) in [6.45, 7) is 4.93. The maximum absolute atomic E-state index is 11.7. The molecule has 3 N–H and O–H groups in total. The average molecular weight is 225 g/mol. The van der Waals surface area contributed by atoms with Gasteiger partial charge < -0.3 is 11.1 Å². The summed E-state index contributed by atoms with van der Waals surface area (Å²) in [4.78, 5) is 14.2. The van der Waals surface area contributed by atoms with Crippen molar-refractivity contribution in [2.75, 3.05) is 19.6 Å². The van der Waals surface area contributed by atoms with Gasteiger partial charge in [0.25, 0.3) is 0 Å². The summed E-state index contributed by atoms with van der Waals surface area (Å²) in [6.07, 6.45) is 4.39. The lowest BCUT2D eigenvalue weighted by molar-refractivity contribution is -0.124. The summed E-state index contributed by atoms with van der Waals surface area (Å²) in [7, 11) is 0. The second kappa shape index (κ2) is 5.15. The molecule has 0 aromatic carbocycles. The third kappa shape index (κ3) is 2.09. The van der Waals surface area contributed by atoms with Gasteiger partial charge in [-0.15, -0.1) is 0 Å². The summed E-state index contributed by atoms with van der Waals surface area (Å²) < 4.78 is 0. The molecule has 3 atom stereocenters. The second-order valence-electron chi connectivity index (χ2n) is 4.94. The Hall–Kier alpha value is -0.610. The molecule has 16 heavy (non-hydrogen) atoms. The number of hydrogen-bond donors (Lipinski definition) is 2. The van der Waals surface area contributed by atoms with E-state index in [1.165, 1.54) is 0 Å². The molecule has 0 bridgehead atoms. The van der Waals surface area contributed by atoms with Crippen molar-refractivity contribution in [1.29, 1.82) is 0 Å². The zero-order chi connectivity index (χ0) is 11.5. The monoisotopic (exact) mass is 225 g/mol. The van der Waals surface area contributed by atoms with Crippen molar-refractivity contribution in [2.24, 2.45) is 11.7 Å². The summed E-state index contributed by atoms with van der Waals surface area (Å²) in [5.41, 5.74) is 5.67. The summed E-state index contributed by atoms with van der Waals surface area (Å²) in [5, 5.41) is 3.00. The van der Waals surface area contributed by atoms with E-state index in [0.717, 1.165) is 45.3 Å². The number of likely N-dealkylation sites (tertiary alicyclic amines) is 1. The van der Waals surface area contributed by atoms with Crippen molar-refractivity contribution in [3.8, 4) is 0 Å². The molecule has 4 nitrogen and oxygen atoms in total. The van der Waals surface area contributed by atoms with Crippen LogP contribution in [0, 0.1) is 5.92 Å². The number of nitrogens with zero attached hydrogens (tertiary/aromatic N) is 1. The van der Waals surface area contributed by atoms with Crippen LogP contribution in [0.1, 0.15) is 32.6 Å². The molecule has 0 radical (unpaired) electrons. The minimum atomic E-state index is 0.237. The van der Waals surface area contributed by atoms with E-state index in [1.54, 1.807) is 0 Å². The van der Waals surface area contributed by atoms with Crippen LogP contribution in [0.5, 0.6) is 0 Å². The highest BCUT2D eigenvalue weighted by Crippen LogP contribution is 2.30. The van der Waals surface area contributed by atoms with Gasteiger partial charge in [-0.1, -0.05) is 6.92 Å². The van der Waals surface area contributed by atoms with E-state index in [4.69, 9.17) is 5.73 Å². The third-order valence-electron chi connectivity index (χ3n) is 4.08. The number of nitrogens with two attached hydrogens (primary N) is 1. The van der Waals surface area contributed by atoms with Gasteiger partial charge >= 0.3 is 0 Å². The molecule has 2 heterocycles. The van der Waals surface area contributed by atoms with Crippen LogP contribution in [0.15, 0.2) is 0 Å². The second-order valence-corrected chi connectivity index (χ2v) is 4.94. The first-order valence-electron chi connectivity index (χ1n) is 6.51. The van der Waals surface area contributed by atoms with E-state index in [1.807, 2.05) is 0 Å². The van der Waals surface area contributed by atoms with Gasteiger partial charge in [0.05, 0.1) is 5.92 Å². The number of carbonyl (C=O) groups is 1. The molecule has 2 rings (SSSR count). The Kier molecular flexibility index (Phi) is 3.82. The SMILES string of the molecule is CCC(CCN)N1CCCC2C(=O)NCC21. The van der Waals surface area contributed by atoms with E-state index < -0.39 is 0 Å². The lowest BCUT2D eigenvalue weighted by Gasteiger charge is -2.41. The number of hydrogen-bond acceptors (Lipinski definition) is 3. The quantitative estimate of drug-likeness (QED) is 0.724. The van der Waals surface area contributed by atoms with Crippen LogP contribution in [0.2, 0.25) is 0 Å². The van der Waals surface area contributed by atoms with E-state index in [2.05, 4.69) is 17.1 Å². The zero-order valence-electron chi connectivity index (χ0n) is 10.1. The minimum Gasteiger partial charge on any atom is -0.354 e. The van der Waals surface area contributed by atoms with Gasteiger partial charge in [-0.2, -0.15) is 0 Å². The summed E-state index contributed by atoms with van der Waals surface area (Å²) in [6, 6.07) is 0.989. The first kappa shape index (κ1) is 11.9. The smallest absolute Gasteiger partial charge is 0.224 e. The van der Waals surface area contributed by atoms with Crippen LogP contribution in [0.25, 0.3) is 0 Å². The van der Waals surface area contributed by atoms with Gasteiger partial charge in [0.1, 0.15) is 0 Å². The van der Waals surface area contributed by atoms with E-state index in [0.29, 0.717) is 12.1 Å². The molecule has 2 aliphatic rings. The molecule has 0 aliphatic carbocycles. The van der Waals surface area contributed by atoms with Crippen LogP contribution >= 0.6 is 0 Å². The van der Waals surface area contributed by atoms with Crippen LogP contribution in [0.3, 0.4) is 0 Å². The topological polar surface area (TPSA) is 58.4 Å². The van der Waals surface area contributed by atoms with E-state index in [9.17, 15) is 4.79 Å². The Morgan fingerprint density at radius 1 is 1.62 bits per heavy atom. The Bertz CT molecular complexity index is 257. The van der Waals surface area contributed by atoms with Gasteiger partial charge in [0, 0.05) is 18.6 Å². The number of rotatable bonds is 4. The molecule has 92 valence electrons. The van der Waals surface area contributed by atoms with Gasteiger partial charge in [0.15, 0.2) is 0 Å². The highest BCUT2D eigenvalue weighted by molar-refractivity contribution is 5.82. The Morgan fingerprint density at radius 3 is 3.12 bits per heavy atom. The zero-order valence-corrected chi connectivity index (χ0v) is 10.1. The number of carbonyl (C=O) groups excluding carboxylic acids is 1. The molecule has 0 aromatic rings. The Morgan fingerprint density at radius 2 is 2.44 bits per heavy atom. The molecule has 2 aliphatic heterocycles. The van der Waals surface area contributed by atoms with Crippen LogP contribution in [-0.2, 0) is 4.79 Å². The van der Waals surface area contributed by atoms with Crippen LogP contribution < -0.4 is 11.1 Å². The molecule has 2 fully saturated rings. The molecule has 1 amide bonds. The van der Waals surface area contributed by atoms with Gasteiger partial charge in [-0.25, -0.2) is 0 Å². The number of amides is 1. The molecule has 4 heteroatoms. The lowest BCUT2D eigenvalue weighted by Crippen LogP contribution is -2.51. The van der Waals surface area contributed by atoms with Crippen molar-refractivity contribution in [1.82, 2.24) is 10.2 Å². The Labute approximate surface area is 97.6 Å². The highest BCUT2D eigenvalue weighted by atomic mass is 16.2. The maximum atomic E-state index is 11.7. The lowest BCUT2D eigenvalue weighted by atomic mass is 9.89. The average Bonchev–Trinajstić information content (AvgIpc) is 2.68. The third-order valence-corrected chi connectivity index (χ3v) is 4.08. The number of piperidine rings is 1. The predicted molar refractivity (Wildman–Crippen MR) is 64.0 cm³/mol. The molecule has 0 spiro atoms. The largest absolute Gasteiger partial charge is 0.354 e. The normalized spacial score (nSPS) is 32.2. The summed E-state index contributed by atoms with van der Waals surface area (Å²) >= 11 is 0. The summed E-state index contributed by atoms with van der Waals surface area (Å²) in [5.74, 6) is 0.498. The predicted octanol–water partition coefficient (Wildman–Crippen LogP) is 0.324. The standard InChI is InChI=1S/C12H23N3O/c1-2-9(5-6-13)15-7-3-4-10-11(15)8-14-12(10)16/h9-11H,2-8,13H2,1H3,(H,14,16). The fourth-order valence-electron chi connectivity index (χ4n) is 3.23. The molecule has 0 saturated carbocycles. The van der Waals surface area contributed by atoms with Crippen molar-refractivity contribution in [3.05, 3.63) is 0 Å². The van der Waals surface area contributed by atoms with Crippen molar-refractivity contribution >= 4 is 5.91 Å². The van der Waals surface area contributed by atoms with Gasteiger partial charge in [-0.3, -0.25) is 9.69 Å². The molecule has 0 aromatic heterocycles. The number of fused-ring (bicyclic) bond motifs is 1. The van der Waals surface area contributed by atoms with Gasteiger partial charge in [0.2, 0.25) is 5.91 Å². The van der Waals surface area contributed by atoms with Crippen molar-refractivity contribution < 1.29 is 4.79 Å². The van der Waals surface area contributed by atoms with Gasteiger partial charge in [-0.05, 0) is 38.8 Å². The number of nitrogens with one attached hydrogen (secondary N) is 1. The highest BCUT2D eigenvalue weighted by Gasteiger charge is 2.42. The van der Waals surface area contributed by atoms with Crippen LogP contribution in [-0.4, -0.2) is 42.5 Å². The molecular formula is C12H23N3O. The Balaban J connectivity index is 2.05. The van der Waals surface area contributed by atoms with E-state index in [-0.39, 0.29) is 11.8 Å². The van der Waals surface area contributed by atoms with E-state index >= 15 is 0 Å². The molecular weight excluding hydrogens is 202 g/mol. The van der Waals surface area contributed by atoms with Crippen molar-refractivity contribution in [3.63, 3.8) is 0 Å². The first-order chi connectivity index (χ1) is 7.77. The fourth-order valence-corrected chi connectivity index (χ4v) is 3.23. The molecule has 2 saturated heterocycles. The van der Waals surface area contributed by atoms with Crippen molar-refractivity contribution in [2.45, 2.75) is 44.7 Å². The van der Waals surface area contributed by atoms with Crippen LogP contribution in [0.4, 0.5) is 0 Å².